The monoisotopic (exact) mass is 518 g/mol. The van der Waals surface area contributed by atoms with Crippen molar-refractivity contribution >= 4 is 38.8 Å². The van der Waals surface area contributed by atoms with Gasteiger partial charge in [-0.1, -0.05) is 35.9 Å². The number of aromatic nitrogens is 2. The van der Waals surface area contributed by atoms with Crippen molar-refractivity contribution in [3.63, 3.8) is 0 Å². The number of amides is 3. The number of hydrogen-bond acceptors (Lipinski definition) is 6. The summed E-state index contributed by atoms with van der Waals surface area (Å²) >= 11 is 0. The van der Waals surface area contributed by atoms with Crippen LogP contribution in [0.1, 0.15) is 31.8 Å². The average Bonchev–Trinajstić information content (AvgIpc) is 3.39. The molecule has 1 aliphatic rings. The zero-order chi connectivity index (χ0) is 26.3. The molecule has 1 aliphatic heterocycles. The number of carbonyl (C=O) groups excluding carboxylic acids is 2. The summed E-state index contributed by atoms with van der Waals surface area (Å²) in [6.45, 7) is 1.71. The molecule has 3 aromatic carbocycles. The highest BCUT2D eigenvalue weighted by atomic mass is 32.2. The Labute approximate surface area is 212 Å². The second-order valence-corrected chi connectivity index (χ2v) is 10.6. The van der Waals surface area contributed by atoms with Crippen molar-refractivity contribution in [2.24, 2.45) is 0 Å². The fourth-order valence-electron chi connectivity index (χ4n) is 4.43. The van der Waals surface area contributed by atoms with Crippen molar-refractivity contribution < 1.29 is 27.9 Å². The molecule has 1 aromatic heterocycles. The van der Waals surface area contributed by atoms with Crippen molar-refractivity contribution in [1.29, 1.82) is 0 Å². The molecule has 0 saturated heterocycles. The minimum absolute atomic E-state index is 0.110. The number of imide groups is 1. The topological polar surface area (TPSA) is 139 Å². The van der Waals surface area contributed by atoms with Crippen molar-refractivity contribution in [3.05, 3.63) is 95.2 Å². The van der Waals surface area contributed by atoms with Gasteiger partial charge in [0.1, 0.15) is 0 Å². The summed E-state index contributed by atoms with van der Waals surface area (Å²) in [6.07, 6.45) is 0.291. The Kier molecular flexibility index (Phi) is 6.00. The Morgan fingerprint density at radius 2 is 1.65 bits per heavy atom. The summed E-state index contributed by atoms with van der Waals surface area (Å²) in [5.41, 5.74) is 2.54. The van der Waals surface area contributed by atoms with E-state index in [0.29, 0.717) is 16.5 Å². The van der Waals surface area contributed by atoms with Gasteiger partial charge in [-0.2, -0.15) is 17.6 Å². The van der Waals surface area contributed by atoms with E-state index in [1.807, 2.05) is 6.92 Å². The Bertz CT molecular complexity index is 1630. The van der Waals surface area contributed by atoms with E-state index in [9.17, 15) is 27.9 Å². The van der Waals surface area contributed by atoms with Crippen LogP contribution in [-0.4, -0.2) is 58.1 Å². The highest BCUT2D eigenvalue weighted by Crippen LogP contribution is 2.25. The molecule has 0 aliphatic carbocycles. The number of carboxylic acid groups (broad SMARTS) is 1. The van der Waals surface area contributed by atoms with Crippen molar-refractivity contribution in [2.75, 3.05) is 6.54 Å². The van der Waals surface area contributed by atoms with Gasteiger partial charge in [0.2, 0.25) is 0 Å². The Morgan fingerprint density at radius 3 is 2.27 bits per heavy atom. The number of aryl methyl sites for hydroxylation is 1. The first-order chi connectivity index (χ1) is 17.6. The van der Waals surface area contributed by atoms with Gasteiger partial charge in [0.25, 0.3) is 21.8 Å². The van der Waals surface area contributed by atoms with Gasteiger partial charge in [0.05, 0.1) is 40.3 Å². The third-order valence-electron chi connectivity index (χ3n) is 6.24. The van der Waals surface area contributed by atoms with E-state index in [0.717, 1.165) is 14.6 Å². The normalized spacial score (nSPS) is 14.1. The number of nitrogens with zero attached hydrogens (tertiary/aromatic N) is 3. The van der Waals surface area contributed by atoms with Gasteiger partial charge >= 0.3 is 6.09 Å². The first-order valence-electron chi connectivity index (χ1n) is 11.4. The molecule has 0 spiro atoms. The van der Waals surface area contributed by atoms with E-state index in [4.69, 9.17) is 0 Å². The van der Waals surface area contributed by atoms with Crippen LogP contribution in [0.5, 0.6) is 0 Å². The molecular formula is C26H22N4O6S. The summed E-state index contributed by atoms with van der Waals surface area (Å²) in [5, 5.41) is 16.4. The van der Waals surface area contributed by atoms with Gasteiger partial charge in [-0.15, -0.1) is 0 Å². The summed E-state index contributed by atoms with van der Waals surface area (Å²) < 4.78 is 27.2. The predicted octanol–water partition coefficient (Wildman–Crippen LogP) is 3.06. The summed E-state index contributed by atoms with van der Waals surface area (Å²) in [7, 11) is -3.91. The lowest BCUT2D eigenvalue weighted by Gasteiger charge is -2.22. The molecule has 3 amide bonds. The number of rotatable bonds is 7. The molecule has 188 valence electrons. The molecule has 0 bridgehead atoms. The van der Waals surface area contributed by atoms with Crippen LogP contribution < -0.4 is 5.32 Å². The minimum Gasteiger partial charge on any atom is -0.465 e. The molecule has 1 atom stereocenters. The standard InChI is InChI=1S/C26H22N4O6S/c1-16-6-9-20(10-7-16)37(35,36)30-23-11-8-17(12-18(23)14-27-30)13-19(28-26(33)34)15-29-24(31)21-4-2-3-5-22(21)25(29)32/h2-12,14,19,28H,13,15H2,1H3,(H,33,34)/t19-/m0/s1. The molecule has 10 nitrogen and oxygen atoms in total. The summed E-state index contributed by atoms with van der Waals surface area (Å²) in [5.74, 6) is -0.952. The third kappa shape index (κ3) is 4.45. The SMILES string of the molecule is Cc1ccc(S(=O)(=O)n2ncc3cc(C[C@@H](CN4C(=O)c5ccccc5C4=O)NC(=O)O)ccc32)cc1. The van der Waals surface area contributed by atoms with Gasteiger partial charge in [-0.3, -0.25) is 14.5 Å². The van der Waals surface area contributed by atoms with E-state index >= 15 is 0 Å². The van der Waals surface area contributed by atoms with E-state index in [-0.39, 0.29) is 29.0 Å². The lowest BCUT2D eigenvalue weighted by molar-refractivity contribution is 0.0636. The van der Waals surface area contributed by atoms with Crippen LogP contribution in [0.25, 0.3) is 10.9 Å². The highest BCUT2D eigenvalue weighted by molar-refractivity contribution is 7.90. The number of benzene rings is 3. The molecular weight excluding hydrogens is 496 g/mol. The molecule has 0 saturated carbocycles. The van der Waals surface area contributed by atoms with Gasteiger partial charge in [0.15, 0.2) is 0 Å². The molecule has 37 heavy (non-hydrogen) atoms. The zero-order valence-corrected chi connectivity index (χ0v) is 20.5. The van der Waals surface area contributed by atoms with E-state index in [1.165, 1.54) is 18.3 Å². The highest BCUT2D eigenvalue weighted by Gasteiger charge is 2.36. The second-order valence-electron chi connectivity index (χ2n) is 8.82. The fraction of sp³-hybridized carbons (Fsp3) is 0.154. The maximum absolute atomic E-state index is 13.1. The van der Waals surface area contributed by atoms with Gasteiger partial charge in [-0.25, -0.2) is 4.79 Å². The van der Waals surface area contributed by atoms with Crippen molar-refractivity contribution in [1.82, 2.24) is 19.4 Å². The fourth-order valence-corrected chi connectivity index (χ4v) is 5.71. The van der Waals surface area contributed by atoms with Gasteiger partial charge < -0.3 is 10.4 Å². The minimum atomic E-state index is -3.91. The van der Waals surface area contributed by atoms with Crippen LogP contribution in [0.2, 0.25) is 0 Å². The molecule has 2 heterocycles. The maximum Gasteiger partial charge on any atom is 0.404 e. The Morgan fingerprint density at radius 1 is 1.00 bits per heavy atom. The van der Waals surface area contributed by atoms with Crippen LogP contribution in [0.3, 0.4) is 0 Å². The Balaban J connectivity index is 1.40. The number of fused-ring (bicyclic) bond motifs is 2. The molecule has 5 rings (SSSR count). The molecule has 4 aromatic rings. The lowest BCUT2D eigenvalue weighted by atomic mass is 10.0. The molecule has 11 heteroatoms. The number of hydrogen-bond donors (Lipinski definition) is 2. The zero-order valence-electron chi connectivity index (χ0n) is 19.7. The van der Waals surface area contributed by atoms with Crippen molar-refractivity contribution in [3.8, 4) is 0 Å². The number of carbonyl (C=O) groups is 3. The average molecular weight is 519 g/mol. The predicted molar refractivity (Wildman–Crippen MR) is 134 cm³/mol. The summed E-state index contributed by atoms with van der Waals surface area (Å²) in [4.78, 5) is 38.1. The van der Waals surface area contributed by atoms with Crippen LogP contribution >= 0.6 is 0 Å². The first-order valence-corrected chi connectivity index (χ1v) is 12.8. The third-order valence-corrected chi connectivity index (χ3v) is 7.85. The lowest BCUT2D eigenvalue weighted by Crippen LogP contribution is -2.46. The van der Waals surface area contributed by atoms with Crippen molar-refractivity contribution in [2.45, 2.75) is 24.3 Å². The Hall–Kier alpha value is -4.51. The quantitative estimate of drug-likeness (QED) is 0.359. The second kappa shape index (κ2) is 9.17. The first kappa shape index (κ1) is 24.2. The smallest absolute Gasteiger partial charge is 0.404 e. The molecule has 2 N–H and O–H groups in total. The van der Waals surface area contributed by atoms with Gasteiger partial charge in [0, 0.05) is 5.39 Å². The van der Waals surface area contributed by atoms with Crippen LogP contribution in [0.4, 0.5) is 4.79 Å². The van der Waals surface area contributed by atoms with E-state index in [1.54, 1.807) is 54.6 Å². The van der Waals surface area contributed by atoms with Crippen LogP contribution in [0.15, 0.2) is 77.8 Å². The number of nitrogens with one attached hydrogen (secondary N) is 1. The molecule has 0 radical (unpaired) electrons. The summed E-state index contributed by atoms with van der Waals surface area (Å²) in [6, 6.07) is 17.1. The van der Waals surface area contributed by atoms with Crippen LogP contribution in [-0.2, 0) is 16.4 Å². The van der Waals surface area contributed by atoms with E-state index in [2.05, 4.69) is 10.4 Å². The molecule has 0 fully saturated rings. The van der Waals surface area contributed by atoms with E-state index < -0.39 is 34.0 Å². The maximum atomic E-state index is 13.1. The largest absolute Gasteiger partial charge is 0.465 e. The molecule has 0 unspecified atom stereocenters. The van der Waals surface area contributed by atoms with Crippen LogP contribution in [0, 0.1) is 6.92 Å². The van der Waals surface area contributed by atoms with Gasteiger partial charge in [-0.05, 0) is 55.3 Å².